The standard InChI is InChI=1S/C7H11ClO2/c1-3-10-7(9)5-4-6(2)8/h4H,3,5H2,1-2H3/b6-4+. The lowest BCUT2D eigenvalue weighted by molar-refractivity contribution is -0.142. The van der Waals surface area contributed by atoms with Crippen molar-refractivity contribution in [3.63, 3.8) is 0 Å². The topological polar surface area (TPSA) is 26.3 Å². The van der Waals surface area contributed by atoms with Crippen LogP contribution in [0, 0.1) is 0 Å². The molecular formula is C7H11ClO2. The Bertz CT molecular complexity index is 137. The first-order valence-corrected chi connectivity index (χ1v) is 3.52. The molecule has 0 rings (SSSR count). The summed E-state index contributed by atoms with van der Waals surface area (Å²) in [5, 5.41) is 0.619. The van der Waals surface area contributed by atoms with E-state index in [4.69, 9.17) is 11.6 Å². The van der Waals surface area contributed by atoms with Crippen molar-refractivity contribution < 1.29 is 9.53 Å². The Balaban J connectivity index is 3.49. The summed E-state index contributed by atoms with van der Waals surface area (Å²) in [5.74, 6) is -0.234. The second kappa shape index (κ2) is 5.30. The highest BCUT2D eigenvalue weighted by Gasteiger charge is 1.96. The fourth-order valence-corrected chi connectivity index (χ4v) is 0.521. The maximum atomic E-state index is 10.6. The van der Waals surface area contributed by atoms with E-state index in [2.05, 4.69) is 4.74 Å². The van der Waals surface area contributed by atoms with E-state index in [1.54, 1.807) is 19.9 Å². The first kappa shape index (κ1) is 9.50. The van der Waals surface area contributed by atoms with Crippen molar-refractivity contribution in [2.75, 3.05) is 6.61 Å². The molecule has 0 atom stereocenters. The fraction of sp³-hybridized carbons (Fsp3) is 0.571. The van der Waals surface area contributed by atoms with E-state index in [1.165, 1.54) is 0 Å². The van der Waals surface area contributed by atoms with Gasteiger partial charge in [-0.1, -0.05) is 17.7 Å². The Kier molecular flexibility index (Phi) is 5.03. The van der Waals surface area contributed by atoms with Gasteiger partial charge in [-0.25, -0.2) is 0 Å². The number of carbonyl (C=O) groups is 1. The van der Waals surface area contributed by atoms with Gasteiger partial charge in [-0.3, -0.25) is 4.79 Å². The number of esters is 1. The van der Waals surface area contributed by atoms with Gasteiger partial charge in [0.05, 0.1) is 13.0 Å². The molecule has 0 aliphatic carbocycles. The Morgan fingerprint density at radius 3 is 2.70 bits per heavy atom. The van der Waals surface area contributed by atoms with Crippen molar-refractivity contribution >= 4 is 17.6 Å². The summed E-state index contributed by atoms with van der Waals surface area (Å²) in [4.78, 5) is 10.6. The number of hydrogen-bond acceptors (Lipinski definition) is 2. The normalized spacial score (nSPS) is 11.3. The molecular weight excluding hydrogens is 152 g/mol. The van der Waals surface area contributed by atoms with Crippen LogP contribution in [0.3, 0.4) is 0 Å². The number of allylic oxidation sites excluding steroid dienone is 1. The molecule has 0 aromatic carbocycles. The summed E-state index contributed by atoms with van der Waals surface area (Å²) >= 11 is 5.48. The van der Waals surface area contributed by atoms with Crippen LogP contribution >= 0.6 is 11.6 Å². The van der Waals surface area contributed by atoms with E-state index in [0.29, 0.717) is 11.6 Å². The third-order valence-corrected chi connectivity index (χ3v) is 1.01. The fourth-order valence-electron chi connectivity index (χ4n) is 0.444. The van der Waals surface area contributed by atoms with Gasteiger partial charge in [-0.05, 0) is 13.8 Å². The molecule has 0 heterocycles. The molecule has 0 N–H and O–H groups in total. The van der Waals surface area contributed by atoms with Crippen LogP contribution in [-0.2, 0) is 9.53 Å². The number of hydrogen-bond donors (Lipinski definition) is 0. The molecule has 0 saturated carbocycles. The van der Waals surface area contributed by atoms with E-state index >= 15 is 0 Å². The van der Waals surface area contributed by atoms with Gasteiger partial charge in [-0.15, -0.1) is 0 Å². The van der Waals surface area contributed by atoms with Crippen LogP contribution in [0.5, 0.6) is 0 Å². The monoisotopic (exact) mass is 162 g/mol. The average Bonchev–Trinajstić information content (AvgIpc) is 1.85. The number of ether oxygens (including phenoxy) is 1. The summed E-state index contributed by atoms with van der Waals surface area (Å²) in [5.41, 5.74) is 0. The van der Waals surface area contributed by atoms with Crippen LogP contribution in [-0.4, -0.2) is 12.6 Å². The minimum Gasteiger partial charge on any atom is -0.466 e. The lowest BCUT2D eigenvalue weighted by atomic mass is 10.4. The summed E-state index contributed by atoms with van der Waals surface area (Å²) < 4.78 is 4.65. The molecule has 0 aliphatic rings. The molecule has 0 amide bonds. The maximum Gasteiger partial charge on any atom is 0.309 e. The number of halogens is 1. The highest BCUT2D eigenvalue weighted by molar-refractivity contribution is 6.29. The van der Waals surface area contributed by atoms with Gasteiger partial charge in [0.2, 0.25) is 0 Å². The molecule has 0 bridgehead atoms. The lowest BCUT2D eigenvalue weighted by Crippen LogP contribution is -2.01. The quantitative estimate of drug-likeness (QED) is 0.594. The largest absolute Gasteiger partial charge is 0.466 e. The average molecular weight is 163 g/mol. The van der Waals surface area contributed by atoms with E-state index in [1.807, 2.05) is 0 Å². The third-order valence-electron chi connectivity index (χ3n) is 0.855. The minimum atomic E-state index is -0.234. The van der Waals surface area contributed by atoms with Crippen LogP contribution in [0.15, 0.2) is 11.1 Å². The van der Waals surface area contributed by atoms with Crippen LogP contribution in [0.2, 0.25) is 0 Å². The van der Waals surface area contributed by atoms with Crippen molar-refractivity contribution in [3.05, 3.63) is 11.1 Å². The molecule has 0 aromatic heterocycles. The molecule has 0 aliphatic heterocycles. The Morgan fingerprint density at radius 1 is 1.70 bits per heavy atom. The van der Waals surface area contributed by atoms with Crippen LogP contribution in [0.25, 0.3) is 0 Å². The molecule has 10 heavy (non-hydrogen) atoms. The predicted molar refractivity (Wildman–Crippen MR) is 40.9 cm³/mol. The van der Waals surface area contributed by atoms with Crippen molar-refractivity contribution in [1.82, 2.24) is 0 Å². The van der Waals surface area contributed by atoms with Gasteiger partial charge in [0.1, 0.15) is 0 Å². The smallest absolute Gasteiger partial charge is 0.309 e. The zero-order valence-corrected chi connectivity index (χ0v) is 6.94. The molecule has 0 unspecified atom stereocenters. The van der Waals surface area contributed by atoms with E-state index in [-0.39, 0.29) is 12.4 Å². The second-order valence-electron chi connectivity index (χ2n) is 1.80. The Morgan fingerprint density at radius 2 is 2.30 bits per heavy atom. The van der Waals surface area contributed by atoms with Gasteiger partial charge in [-0.2, -0.15) is 0 Å². The van der Waals surface area contributed by atoms with Crippen LogP contribution in [0.1, 0.15) is 20.3 Å². The van der Waals surface area contributed by atoms with E-state index in [9.17, 15) is 4.79 Å². The summed E-state index contributed by atoms with van der Waals surface area (Å²) in [7, 11) is 0. The highest BCUT2D eigenvalue weighted by atomic mass is 35.5. The molecule has 3 heteroatoms. The first-order valence-electron chi connectivity index (χ1n) is 3.14. The summed E-state index contributed by atoms with van der Waals surface area (Å²) in [6, 6.07) is 0. The predicted octanol–water partition coefficient (Wildman–Crippen LogP) is 2.08. The van der Waals surface area contributed by atoms with Gasteiger partial charge >= 0.3 is 5.97 Å². The molecule has 0 spiro atoms. The van der Waals surface area contributed by atoms with Crippen molar-refractivity contribution in [2.45, 2.75) is 20.3 Å². The Hall–Kier alpha value is -0.500. The summed E-state index contributed by atoms with van der Waals surface area (Å²) in [6.07, 6.45) is 1.89. The molecule has 0 aromatic rings. The molecule has 0 saturated heterocycles. The van der Waals surface area contributed by atoms with E-state index < -0.39 is 0 Å². The SMILES string of the molecule is CCOC(=O)C/C=C(\C)Cl. The number of rotatable bonds is 3. The van der Waals surface area contributed by atoms with Crippen molar-refractivity contribution in [1.29, 1.82) is 0 Å². The third kappa shape index (κ3) is 5.63. The molecule has 0 radical (unpaired) electrons. The minimum absolute atomic E-state index is 0.234. The first-order chi connectivity index (χ1) is 4.66. The number of carbonyl (C=O) groups excluding carboxylic acids is 1. The molecule has 2 nitrogen and oxygen atoms in total. The van der Waals surface area contributed by atoms with Crippen molar-refractivity contribution in [2.24, 2.45) is 0 Å². The lowest BCUT2D eigenvalue weighted by Gasteiger charge is -1.96. The van der Waals surface area contributed by atoms with Gasteiger partial charge in [0, 0.05) is 5.03 Å². The highest BCUT2D eigenvalue weighted by Crippen LogP contribution is 2.00. The second-order valence-corrected chi connectivity index (χ2v) is 2.40. The maximum absolute atomic E-state index is 10.6. The van der Waals surface area contributed by atoms with Crippen LogP contribution < -0.4 is 0 Å². The van der Waals surface area contributed by atoms with E-state index in [0.717, 1.165) is 0 Å². The molecule has 0 fully saturated rings. The van der Waals surface area contributed by atoms with Gasteiger partial charge in [0.25, 0.3) is 0 Å². The zero-order valence-electron chi connectivity index (χ0n) is 6.19. The van der Waals surface area contributed by atoms with Crippen molar-refractivity contribution in [3.8, 4) is 0 Å². The van der Waals surface area contributed by atoms with Gasteiger partial charge < -0.3 is 4.74 Å². The van der Waals surface area contributed by atoms with Gasteiger partial charge in [0.15, 0.2) is 0 Å². The summed E-state index contributed by atoms with van der Waals surface area (Å²) in [6.45, 7) is 3.92. The van der Waals surface area contributed by atoms with Crippen LogP contribution in [0.4, 0.5) is 0 Å². The zero-order chi connectivity index (χ0) is 7.98. The Labute approximate surface area is 65.8 Å². The molecule has 58 valence electrons.